The fraction of sp³-hybridized carbons (Fsp3) is 0.250. The highest BCUT2D eigenvalue weighted by atomic mass is 16.6. The maximum absolute atomic E-state index is 10.7. The minimum absolute atomic E-state index is 0.0673. The average Bonchev–Trinajstić information content (AvgIpc) is 2.47. The van der Waals surface area contributed by atoms with Gasteiger partial charge in [-0.15, -0.1) is 0 Å². The second kappa shape index (κ2) is 6.37. The molecule has 21 heavy (non-hydrogen) atoms. The lowest BCUT2D eigenvalue weighted by molar-refractivity contribution is -0.385. The Morgan fingerprint density at radius 3 is 2.62 bits per heavy atom. The number of aliphatic hydroxyl groups is 1. The summed E-state index contributed by atoms with van der Waals surface area (Å²) in [6, 6.07) is 11.8. The smallest absolute Gasteiger partial charge is 0.270 e. The van der Waals surface area contributed by atoms with Crippen LogP contribution in [0.25, 0.3) is 0 Å². The lowest BCUT2D eigenvalue weighted by Gasteiger charge is -2.12. The van der Waals surface area contributed by atoms with Gasteiger partial charge in [0.2, 0.25) is 0 Å². The predicted molar refractivity (Wildman–Crippen MR) is 79.6 cm³/mol. The molecule has 5 nitrogen and oxygen atoms in total. The first-order valence-electron chi connectivity index (χ1n) is 6.67. The number of nitro groups is 1. The van der Waals surface area contributed by atoms with Gasteiger partial charge in [-0.1, -0.05) is 26.0 Å². The summed E-state index contributed by atoms with van der Waals surface area (Å²) < 4.78 is 5.74. The fourth-order valence-electron chi connectivity index (χ4n) is 1.97. The van der Waals surface area contributed by atoms with E-state index in [9.17, 15) is 15.2 Å². The molecule has 1 N–H and O–H groups in total. The van der Waals surface area contributed by atoms with E-state index in [1.807, 2.05) is 24.3 Å². The van der Waals surface area contributed by atoms with Crippen molar-refractivity contribution in [2.24, 2.45) is 0 Å². The average molecular weight is 287 g/mol. The van der Waals surface area contributed by atoms with Crippen LogP contribution in [-0.4, -0.2) is 10.0 Å². The standard InChI is InChI=1S/C16H17NO4/c1-11(2)12-4-3-5-15(9-12)21-16-7-6-14(17(19)20)8-13(16)10-18/h3-9,11,18H,10H2,1-2H3. The van der Waals surface area contributed by atoms with Gasteiger partial charge in [0.15, 0.2) is 0 Å². The van der Waals surface area contributed by atoms with Crippen molar-refractivity contribution in [2.75, 3.05) is 0 Å². The molecule has 0 heterocycles. The summed E-state index contributed by atoms with van der Waals surface area (Å²) in [6.07, 6.45) is 0. The highest BCUT2D eigenvalue weighted by Gasteiger charge is 2.12. The van der Waals surface area contributed by atoms with Gasteiger partial charge in [-0.3, -0.25) is 10.1 Å². The van der Waals surface area contributed by atoms with E-state index in [1.165, 1.54) is 18.2 Å². The van der Waals surface area contributed by atoms with Crippen LogP contribution in [0.2, 0.25) is 0 Å². The number of nitrogens with zero attached hydrogens (tertiary/aromatic N) is 1. The summed E-state index contributed by atoms with van der Waals surface area (Å²) in [7, 11) is 0. The molecule has 2 aromatic carbocycles. The molecule has 0 saturated carbocycles. The quantitative estimate of drug-likeness (QED) is 0.666. The molecular weight excluding hydrogens is 270 g/mol. The van der Waals surface area contributed by atoms with E-state index >= 15 is 0 Å². The first-order chi connectivity index (χ1) is 10.0. The van der Waals surface area contributed by atoms with Gasteiger partial charge < -0.3 is 9.84 Å². The summed E-state index contributed by atoms with van der Waals surface area (Å²) in [4.78, 5) is 10.2. The maximum atomic E-state index is 10.7. The Kier molecular flexibility index (Phi) is 4.55. The molecule has 2 rings (SSSR count). The van der Waals surface area contributed by atoms with Gasteiger partial charge in [-0.05, 0) is 29.7 Å². The van der Waals surface area contributed by atoms with Gasteiger partial charge >= 0.3 is 0 Å². The van der Waals surface area contributed by atoms with Crippen molar-refractivity contribution in [1.29, 1.82) is 0 Å². The van der Waals surface area contributed by atoms with Crippen LogP contribution < -0.4 is 4.74 Å². The Morgan fingerprint density at radius 2 is 2.00 bits per heavy atom. The lowest BCUT2D eigenvalue weighted by Crippen LogP contribution is -1.96. The summed E-state index contributed by atoms with van der Waals surface area (Å²) >= 11 is 0. The zero-order valence-electron chi connectivity index (χ0n) is 11.9. The number of nitro benzene ring substituents is 1. The van der Waals surface area contributed by atoms with E-state index in [4.69, 9.17) is 4.74 Å². The number of hydrogen-bond donors (Lipinski definition) is 1. The molecule has 0 radical (unpaired) electrons. The van der Waals surface area contributed by atoms with Gasteiger partial charge in [0, 0.05) is 17.7 Å². The first-order valence-corrected chi connectivity index (χ1v) is 6.67. The van der Waals surface area contributed by atoms with Crippen molar-refractivity contribution >= 4 is 5.69 Å². The summed E-state index contributed by atoms with van der Waals surface area (Å²) in [6.45, 7) is 3.86. The lowest BCUT2D eigenvalue weighted by atomic mass is 10.0. The number of benzene rings is 2. The summed E-state index contributed by atoms with van der Waals surface area (Å²) in [5, 5.41) is 20.1. The number of aliphatic hydroxyl groups excluding tert-OH is 1. The van der Waals surface area contributed by atoms with Crippen molar-refractivity contribution in [3.05, 3.63) is 63.7 Å². The summed E-state index contributed by atoms with van der Waals surface area (Å²) in [5.41, 5.74) is 1.46. The van der Waals surface area contributed by atoms with Crippen molar-refractivity contribution in [1.82, 2.24) is 0 Å². The van der Waals surface area contributed by atoms with E-state index < -0.39 is 4.92 Å². The number of non-ortho nitro benzene ring substituents is 1. The van der Waals surface area contributed by atoms with Crippen molar-refractivity contribution < 1.29 is 14.8 Å². The number of hydrogen-bond acceptors (Lipinski definition) is 4. The Labute approximate surface area is 123 Å². The van der Waals surface area contributed by atoms with Gasteiger partial charge in [-0.25, -0.2) is 0 Å². The molecule has 110 valence electrons. The van der Waals surface area contributed by atoms with Crippen LogP contribution in [0.15, 0.2) is 42.5 Å². The number of ether oxygens (including phenoxy) is 1. The predicted octanol–water partition coefficient (Wildman–Crippen LogP) is 4.00. The third-order valence-corrected chi connectivity index (χ3v) is 3.18. The van der Waals surface area contributed by atoms with Crippen LogP contribution in [0.5, 0.6) is 11.5 Å². The van der Waals surface area contributed by atoms with Crippen molar-refractivity contribution in [2.45, 2.75) is 26.4 Å². The molecule has 0 aliphatic rings. The van der Waals surface area contributed by atoms with Gasteiger partial charge in [0.05, 0.1) is 11.5 Å². The van der Waals surface area contributed by atoms with Crippen LogP contribution in [0.3, 0.4) is 0 Å². The Bertz CT molecular complexity index is 652. The van der Waals surface area contributed by atoms with E-state index in [0.29, 0.717) is 23.0 Å². The fourth-order valence-corrected chi connectivity index (χ4v) is 1.97. The molecule has 0 atom stereocenters. The van der Waals surface area contributed by atoms with Gasteiger partial charge in [-0.2, -0.15) is 0 Å². The molecule has 0 aliphatic heterocycles. The molecule has 0 aliphatic carbocycles. The molecule has 5 heteroatoms. The zero-order valence-corrected chi connectivity index (χ0v) is 11.9. The van der Waals surface area contributed by atoms with Crippen LogP contribution >= 0.6 is 0 Å². The first kappa shape index (κ1) is 15.0. The maximum Gasteiger partial charge on any atom is 0.270 e. The summed E-state index contributed by atoms with van der Waals surface area (Å²) in [5.74, 6) is 1.44. The normalized spacial score (nSPS) is 10.7. The highest BCUT2D eigenvalue weighted by Crippen LogP contribution is 2.30. The van der Waals surface area contributed by atoms with Gasteiger partial charge in [0.1, 0.15) is 11.5 Å². The molecular formula is C16H17NO4. The Balaban J connectivity index is 2.31. The van der Waals surface area contributed by atoms with Gasteiger partial charge in [0.25, 0.3) is 5.69 Å². The molecule has 0 spiro atoms. The molecule has 0 unspecified atom stereocenters. The van der Waals surface area contributed by atoms with Crippen molar-refractivity contribution in [3.8, 4) is 11.5 Å². The largest absolute Gasteiger partial charge is 0.457 e. The SMILES string of the molecule is CC(C)c1cccc(Oc2ccc([N+](=O)[O-])cc2CO)c1. The molecule has 2 aromatic rings. The molecule has 0 aromatic heterocycles. The van der Waals surface area contributed by atoms with Crippen LogP contribution in [-0.2, 0) is 6.61 Å². The van der Waals surface area contributed by atoms with Crippen LogP contribution in [0, 0.1) is 10.1 Å². The van der Waals surface area contributed by atoms with E-state index in [1.54, 1.807) is 0 Å². The van der Waals surface area contributed by atoms with E-state index in [2.05, 4.69) is 13.8 Å². The minimum atomic E-state index is -0.498. The topological polar surface area (TPSA) is 72.6 Å². The molecule has 0 fully saturated rings. The van der Waals surface area contributed by atoms with Crippen molar-refractivity contribution in [3.63, 3.8) is 0 Å². The molecule has 0 bridgehead atoms. The second-order valence-electron chi connectivity index (χ2n) is 5.04. The Hall–Kier alpha value is -2.40. The third-order valence-electron chi connectivity index (χ3n) is 3.18. The number of rotatable bonds is 5. The molecule has 0 amide bonds. The second-order valence-corrected chi connectivity index (χ2v) is 5.04. The third kappa shape index (κ3) is 3.58. The van der Waals surface area contributed by atoms with E-state index in [-0.39, 0.29) is 12.3 Å². The monoisotopic (exact) mass is 287 g/mol. The Morgan fingerprint density at radius 1 is 1.24 bits per heavy atom. The van der Waals surface area contributed by atoms with Crippen LogP contribution in [0.4, 0.5) is 5.69 Å². The highest BCUT2D eigenvalue weighted by molar-refractivity contribution is 5.45. The zero-order chi connectivity index (χ0) is 15.4. The van der Waals surface area contributed by atoms with E-state index in [0.717, 1.165) is 5.56 Å². The molecule has 0 saturated heterocycles. The van der Waals surface area contributed by atoms with Crippen LogP contribution in [0.1, 0.15) is 30.9 Å². The minimum Gasteiger partial charge on any atom is -0.457 e.